The van der Waals surface area contributed by atoms with Crippen LogP contribution >= 0.6 is 11.8 Å². The molecule has 0 fully saturated rings. The largest absolute Gasteiger partial charge is 0.355 e. The Bertz CT molecular complexity index is 527. The number of aromatic nitrogens is 2. The summed E-state index contributed by atoms with van der Waals surface area (Å²) in [5, 5.41) is 10.2. The Morgan fingerprint density at radius 1 is 1.24 bits per heavy atom. The Morgan fingerprint density at radius 2 is 2.05 bits per heavy atom. The number of carbonyl (C=O) groups is 2. The molecule has 2 rings (SSSR count). The average Bonchev–Trinajstić information content (AvgIpc) is 3.00. The lowest BCUT2D eigenvalue weighted by atomic mass is 10.2. The molecular formula is C14H22N4O2S. The zero-order valence-corrected chi connectivity index (χ0v) is 13.4. The highest BCUT2D eigenvalue weighted by Crippen LogP contribution is 2.34. The van der Waals surface area contributed by atoms with Crippen LogP contribution in [0.15, 0.2) is 0 Å². The fraction of sp³-hybridized carbons (Fsp3) is 0.643. The topological polar surface area (TPSA) is 76.0 Å². The Kier molecular flexibility index (Phi) is 5.67. The van der Waals surface area contributed by atoms with Gasteiger partial charge in [0, 0.05) is 30.0 Å². The van der Waals surface area contributed by atoms with E-state index in [4.69, 9.17) is 0 Å². The molecule has 0 spiro atoms. The molecule has 2 amide bonds. The van der Waals surface area contributed by atoms with Crippen LogP contribution in [0, 0.1) is 0 Å². The predicted octanol–water partition coefficient (Wildman–Crippen LogP) is 1.89. The van der Waals surface area contributed by atoms with Crippen LogP contribution in [0.2, 0.25) is 0 Å². The normalized spacial score (nSPS) is 13.0. The van der Waals surface area contributed by atoms with E-state index in [0.717, 1.165) is 35.6 Å². The number of fused-ring (bicyclic) bond motifs is 1. The molecule has 0 bridgehead atoms. The molecule has 1 aromatic heterocycles. The number of rotatable bonds is 7. The number of anilines is 1. The number of carbonyl (C=O) groups excluding carboxylic acids is 2. The van der Waals surface area contributed by atoms with Crippen molar-refractivity contribution in [3.05, 3.63) is 11.3 Å². The fourth-order valence-corrected chi connectivity index (χ4v) is 3.23. The number of nitrogens with one attached hydrogen (secondary N) is 2. The van der Waals surface area contributed by atoms with Gasteiger partial charge in [0.2, 0.25) is 11.8 Å². The summed E-state index contributed by atoms with van der Waals surface area (Å²) >= 11 is 1.78. The minimum Gasteiger partial charge on any atom is -0.355 e. The smallest absolute Gasteiger partial charge is 0.241 e. The van der Waals surface area contributed by atoms with Crippen LogP contribution in [0.5, 0.6) is 0 Å². The second-order valence-corrected chi connectivity index (χ2v) is 6.06. The van der Waals surface area contributed by atoms with E-state index in [0.29, 0.717) is 18.8 Å². The lowest BCUT2D eigenvalue weighted by Gasteiger charge is -2.10. The predicted molar refractivity (Wildman–Crippen MR) is 84.1 cm³/mol. The summed E-state index contributed by atoms with van der Waals surface area (Å²) in [5.74, 6) is 2.28. The second-order valence-electron chi connectivity index (χ2n) is 5.07. The van der Waals surface area contributed by atoms with Gasteiger partial charge >= 0.3 is 0 Å². The molecule has 21 heavy (non-hydrogen) atoms. The third-order valence-corrected chi connectivity index (χ3v) is 4.19. The first-order valence-corrected chi connectivity index (χ1v) is 8.54. The maximum atomic E-state index is 11.9. The van der Waals surface area contributed by atoms with Crippen LogP contribution in [0.1, 0.15) is 44.4 Å². The van der Waals surface area contributed by atoms with Crippen molar-refractivity contribution in [2.45, 2.75) is 51.2 Å². The van der Waals surface area contributed by atoms with Crippen molar-refractivity contribution in [3.63, 3.8) is 0 Å². The number of thioether (sulfide) groups is 1. The summed E-state index contributed by atoms with van der Waals surface area (Å²) in [6.45, 7) is 4.79. The van der Waals surface area contributed by atoms with E-state index in [-0.39, 0.29) is 18.4 Å². The molecule has 0 saturated heterocycles. The molecule has 0 atom stereocenters. The van der Waals surface area contributed by atoms with Gasteiger partial charge in [-0.2, -0.15) is 16.9 Å². The minimum atomic E-state index is -0.0725. The molecular weight excluding hydrogens is 288 g/mol. The van der Waals surface area contributed by atoms with Gasteiger partial charge in [0.15, 0.2) is 0 Å². The quantitative estimate of drug-likeness (QED) is 0.806. The lowest BCUT2D eigenvalue weighted by Crippen LogP contribution is -2.29. The average molecular weight is 310 g/mol. The van der Waals surface area contributed by atoms with Crippen LogP contribution in [-0.2, 0) is 27.6 Å². The van der Waals surface area contributed by atoms with Gasteiger partial charge in [-0.25, -0.2) is 4.68 Å². The van der Waals surface area contributed by atoms with Crippen molar-refractivity contribution in [1.29, 1.82) is 0 Å². The first-order valence-electron chi connectivity index (χ1n) is 7.38. The van der Waals surface area contributed by atoms with E-state index in [9.17, 15) is 9.59 Å². The molecule has 1 aromatic rings. The molecule has 116 valence electrons. The second kappa shape index (κ2) is 7.49. The molecule has 0 aliphatic carbocycles. The van der Waals surface area contributed by atoms with Crippen LogP contribution in [0.3, 0.4) is 0 Å². The van der Waals surface area contributed by atoms with E-state index in [2.05, 4.69) is 15.7 Å². The van der Waals surface area contributed by atoms with Crippen molar-refractivity contribution in [2.75, 3.05) is 11.9 Å². The summed E-state index contributed by atoms with van der Waals surface area (Å²) < 4.78 is 1.63. The van der Waals surface area contributed by atoms with E-state index < -0.39 is 0 Å². The number of hydrogen-bond acceptors (Lipinski definition) is 4. The highest BCUT2D eigenvalue weighted by Gasteiger charge is 2.24. The Hall–Kier alpha value is -1.50. The van der Waals surface area contributed by atoms with Gasteiger partial charge in [-0.1, -0.05) is 13.8 Å². The summed E-state index contributed by atoms with van der Waals surface area (Å²) in [6.07, 6.45) is 2.18. The number of hydrogen-bond donors (Lipinski definition) is 2. The molecule has 0 saturated carbocycles. The van der Waals surface area contributed by atoms with E-state index in [1.165, 1.54) is 0 Å². The van der Waals surface area contributed by atoms with Crippen LogP contribution in [-0.4, -0.2) is 28.1 Å². The van der Waals surface area contributed by atoms with Gasteiger partial charge in [0.05, 0.1) is 5.69 Å². The maximum absolute atomic E-state index is 11.9. The van der Waals surface area contributed by atoms with Gasteiger partial charge in [-0.15, -0.1) is 0 Å². The minimum absolute atomic E-state index is 0.0210. The van der Waals surface area contributed by atoms with Gasteiger partial charge in [0.1, 0.15) is 12.4 Å². The summed E-state index contributed by atoms with van der Waals surface area (Å²) in [5.41, 5.74) is 2.04. The van der Waals surface area contributed by atoms with E-state index >= 15 is 0 Å². The molecule has 0 aromatic carbocycles. The molecule has 2 N–H and O–H groups in total. The van der Waals surface area contributed by atoms with E-state index in [1.807, 2.05) is 13.8 Å². The SMILES string of the molecule is CCCNC(=O)Cn1nc2c(c1NC(=O)CCC)CSC2. The van der Waals surface area contributed by atoms with Crippen molar-refractivity contribution in [2.24, 2.45) is 0 Å². The molecule has 0 unspecified atom stereocenters. The molecule has 7 heteroatoms. The first-order chi connectivity index (χ1) is 10.2. The Labute approximate surface area is 129 Å². The van der Waals surface area contributed by atoms with Gasteiger partial charge in [-0.3, -0.25) is 9.59 Å². The maximum Gasteiger partial charge on any atom is 0.241 e. The van der Waals surface area contributed by atoms with Crippen molar-refractivity contribution < 1.29 is 9.59 Å². The highest BCUT2D eigenvalue weighted by molar-refractivity contribution is 7.98. The third kappa shape index (κ3) is 4.00. The standard InChI is InChI=1S/C14H22N4O2S/c1-3-5-12(19)16-14-10-8-21-9-11(10)17-18(14)7-13(20)15-6-4-2/h3-9H2,1-2H3,(H,15,20)(H,16,19). The third-order valence-electron chi connectivity index (χ3n) is 3.22. The zero-order chi connectivity index (χ0) is 15.2. The number of nitrogens with zero attached hydrogens (tertiary/aromatic N) is 2. The van der Waals surface area contributed by atoms with Crippen molar-refractivity contribution in [3.8, 4) is 0 Å². The summed E-state index contributed by atoms with van der Waals surface area (Å²) in [7, 11) is 0. The van der Waals surface area contributed by atoms with Crippen LogP contribution < -0.4 is 10.6 Å². The van der Waals surface area contributed by atoms with Crippen molar-refractivity contribution in [1.82, 2.24) is 15.1 Å². The zero-order valence-electron chi connectivity index (χ0n) is 12.6. The molecule has 0 radical (unpaired) electrons. The van der Waals surface area contributed by atoms with Gasteiger partial charge in [0.25, 0.3) is 0 Å². The van der Waals surface area contributed by atoms with Crippen LogP contribution in [0.4, 0.5) is 5.82 Å². The number of amides is 2. The van der Waals surface area contributed by atoms with Gasteiger partial charge in [-0.05, 0) is 12.8 Å². The summed E-state index contributed by atoms with van der Waals surface area (Å²) in [6, 6.07) is 0. The highest BCUT2D eigenvalue weighted by atomic mass is 32.2. The Morgan fingerprint density at radius 3 is 2.76 bits per heavy atom. The Balaban J connectivity index is 2.13. The summed E-state index contributed by atoms with van der Waals surface area (Å²) in [4.78, 5) is 23.7. The first kappa shape index (κ1) is 15.9. The van der Waals surface area contributed by atoms with Gasteiger partial charge < -0.3 is 10.6 Å². The van der Waals surface area contributed by atoms with Crippen LogP contribution in [0.25, 0.3) is 0 Å². The monoisotopic (exact) mass is 310 g/mol. The lowest BCUT2D eigenvalue weighted by molar-refractivity contribution is -0.122. The molecule has 1 aliphatic rings. The van der Waals surface area contributed by atoms with E-state index in [1.54, 1.807) is 16.4 Å². The van der Waals surface area contributed by atoms with Crippen molar-refractivity contribution >= 4 is 29.4 Å². The fourth-order valence-electron chi connectivity index (χ4n) is 2.20. The molecule has 6 nitrogen and oxygen atoms in total. The molecule has 2 heterocycles. The molecule has 1 aliphatic heterocycles.